The Bertz CT molecular complexity index is 590. The van der Waals surface area contributed by atoms with Crippen molar-refractivity contribution in [3.8, 4) is 5.75 Å². The lowest BCUT2D eigenvalue weighted by molar-refractivity contribution is -0.136. The maximum absolute atomic E-state index is 10.8. The second-order valence-electron chi connectivity index (χ2n) is 5.07. The van der Waals surface area contributed by atoms with E-state index in [0.29, 0.717) is 13.1 Å². The van der Waals surface area contributed by atoms with Crippen LogP contribution < -0.4 is 4.90 Å². The van der Waals surface area contributed by atoms with Crippen LogP contribution in [0.15, 0.2) is 48.5 Å². The molecule has 4 nitrogen and oxygen atoms in total. The molecule has 0 aliphatic rings. The maximum Gasteiger partial charge on any atom is 0.305 e. The van der Waals surface area contributed by atoms with E-state index in [1.807, 2.05) is 48.2 Å². The van der Waals surface area contributed by atoms with E-state index in [4.69, 9.17) is 5.11 Å². The molecule has 0 saturated heterocycles. The van der Waals surface area contributed by atoms with Gasteiger partial charge in [-0.05, 0) is 36.8 Å². The Hall–Kier alpha value is -2.49. The molecule has 0 unspecified atom stereocenters. The molecule has 0 heterocycles. The van der Waals surface area contributed by atoms with E-state index in [2.05, 4.69) is 0 Å². The molecule has 0 amide bonds. The first-order chi connectivity index (χ1) is 10.0. The van der Waals surface area contributed by atoms with Gasteiger partial charge in [0.15, 0.2) is 0 Å². The molecule has 0 saturated carbocycles. The molecule has 0 spiro atoms. The van der Waals surface area contributed by atoms with Crippen molar-refractivity contribution in [1.82, 2.24) is 0 Å². The minimum atomic E-state index is -0.808. The largest absolute Gasteiger partial charge is 0.508 e. The molecule has 0 aliphatic heterocycles. The van der Waals surface area contributed by atoms with Gasteiger partial charge in [-0.3, -0.25) is 4.79 Å². The zero-order chi connectivity index (χ0) is 15.2. The average molecular weight is 285 g/mol. The number of benzene rings is 2. The zero-order valence-electron chi connectivity index (χ0n) is 12.0. The molecule has 0 radical (unpaired) electrons. The van der Waals surface area contributed by atoms with Gasteiger partial charge < -0.3 is 15.1 Å². The number of carboxylic acid groups (broad SMARTS) is 1. The third-order valence-electron chi connectivity index (χ3n) is 3.30. The van der Waals surface area contributed by atoms with E-state index in [1.54, 1.807) is 12.1 Å². The summed E-state index contributed by atoms with van der Waals surface area (Å²) in [5, 5.41) is 18.2. The summed E-state index contributed by atoms with van der Waals surface area (Å²) >= 11 is 0. The molecule has 0 bridgehead atoms. The van der Waals surface area contributed by atoms with Crippen molar-refractivity contribution in [3.63, 3.8) is 0 Å². The molecule has 2 rings (SSSR count). The van der Waals surface area contributed by atoms with Crippen LogP contribution in [0.5, 0.6) is 5.75 Å². The summed E-state index contributed by atoms with van der Waals surface area (Å²) in [7, 11) is 0. The van der Waals surface area contributed by atoms with Crippen molar-refractivity contribution in [2.75, 3.05) is 11.4 Å². The van der Waals surface area contributed by atoms with Gasteiger partial charge in [-0.2, -0.15) is 0 Å². The summed E-state index contributed by atoms with van der Waals surface area (Å²) in [4.78, 5) is 12.9. The Balaban J connectivity index is 2.16. The number of carbonyl (C=O) groups is 1. The fraction of sp³-hybridized carbons (Fsp3) is 0.235. The highest BCUT2D eigenvalue weighted by Crippen LogP contribution is 2.19. The quantitative estimate of drug-likeness (QED) is 0.855. The molecular weight excluding hydrogens is 266 g/mol. The number of rotatable bonds is 6. The number of aryl methyl sites for hydroxylation is 1. The molecule has 2 N–H and O–H groups in total. The van der Waals surface area contributed by atoms with Crippen molar-refractivity contribution in [2.24, 2.45) is 0 Å². The normalized spacial score (nSPS) is 10.3. The van der Waals surface area contributed by atoms with Gasteiger partial charge in [-0.25, -0.2) is 0 Å². The molecule has 0 fully saturated rings. The Kier molecular flexibility index (Phi) is 4.82. The van der Waals surface area contributed by atoms with Gasteiger partial charge in [0, 0.05) is 18.8 Å². The second kappa shape index (κ2) is 6.79. The highest BCUT2D eigenvalue weighted by atomic mass is 16.4. The minimum absolute atomic E-state index is 0.0892. The van der Waals surface area contributed by atoms with Crippen LogP contribution in [0.4, 0.5) is 5.69 Å². The van der Waals surface area contributed by atoms with Crippen LogP contribution >= 0.6 is 0 Å². The number of aromatic hydroxyl groups is 1. The van der Waals surface area contributed by atoms with Gasteiger partial charge in [-0.15, -0.1) is 0 Å². The summed E-state index contributed by atoms with van der Waals surface area (Å²) in [6.45, 7) is 3.07. The molecule has 0 atom stereocenters. The van der Waals surface area contributed by atoms with Gasteiger partial charge >= 0.3 is 5.97 Å². The number of phenolic OH excluding ortho intramolecular Hbond substituents is 1. The van der Waals surface area contributed by atoms with E-state index in [0.717, 1.165) is 11.3 Å². The monoisotopic (exact) mass is 285 g/mol. The highest BCUT2D eigenvalue weighted by molar-refractivity contribution is 5.67. The predicted molar refractivity (Wildman–Crippen MR) is 82.6 cm³/mol. The first-order valence-corrected chi connectivity index (χ1v) is 6.86. The molecule has 21 heavy (non-hydrogen) atoms. The smallest absolute Gasteiger partial charge is 0.305 e. The topological polar surface area (TPSA) is 60.8 Å². The SMILES string of the molecule is Cc1ccc(N(CCC(=O)O)Cc2ccc(O)cc2)cc1. The highest BCUT2D eigenvalue weighted by Gasteiger charge is 2.09. The van der Waals surface area contributed by atoms with E-state index in [9.17, 15) is 9.90 Å². The minimum Gasteiger partial charge on any atom is -0.508 e. The number of anilines is 1. The van der Waals surface area contributed by atoms with Gasteiger partial charge in [0.1, 0.15) is 5.75 Å². The fourth-order valence-electron chi connectivity index (χ4n) is 2.11. The molecule has 0 aliphatic carbocycles. The average Bonchev–Trinajstić information content (AvgIpc) is 2.46. The van der Waals surface area contributed by atoms with E-state index < -0.39 is 5.97 Å². The van der Waals surface area contributed by atoms with Crippen molar-refractivity contribution in [3.05, 3.63) is 59.7 Å². The van der Waals surface area contributed by atoms with Crippen LogP contribution in [0.2, 0.25) is 0 Å². The van der Waals surface area contributed by atoms with Crippen LogP contribution in [-0.2, 0) is 11.3 Å². The Morgan fingerprint density at radius 1 is 1.05 bits per heavy atom. The first kappa shape index (κ1) is 14.9. The van der Waals surface area contributed by atoms with Crippen LogP contribution in [0.3, 0.4) is 0 Å². The standard InChI is InChI=1S/C17H19NO3/c1-13-2-6-15(7-3-13)18(11-10-17(20)21)12-14-4-8-16(19)9-5-14/h2-9,19H,10-12H2,1H3,(H,20,21). The van der Waals surface area contributed by atoms with Gasteiger partial charge in [0.2, 0.25) is 0 Å². The molecular formula is C17H19NO3. The number of hydrogen-bond donors (Lipinski definition) is 2. The number of hydrogen-bond acceptors (Lipinski definition) is 3. The Morgan fingerprint density at radius 2 is 1.67 bits per heavy atom. The lowest BCUT2D eigenvalue weighted by Crippen LogP contribution is -2.25. The zero-order valence-corrected chi connectivity index (χ0v) is 12.0. The van der Waals surface area contributed by atoms with Crippen LogP contribution in [0.1, 0.15) is 17.5 Å². The number of phenols is 1. The molecule has 0 aromatic heterocycles. The first-order valence-electron chi connectivity index (χ1n) is 6.86. The Morgan fingerprint density at radius 3 is 2.24 bits per heavy atom. The number of aliphatic carboxylic acids is 1. The molecule has 2 aromatic rings. The van der Waals surface area contributed by atoms with E-state index in [1.165, 1.54) is 5.56 Å². The third kappa shape index (κ3) is 4.53. The van der Waals surface area contributed by atoms with E-state index in [-0.39, 0.29) is 12.2 Å². The molecule has 2 aromatic carbocycles. The van der Waals surface area contributed by atoms with Crippen molar-refractivity contribution < 1.29 is 15.0 Å². The van der Waals surface area contributed by atoms with Crippen molar-refractivity contribution in [2.45, 2.75) is 19.9 Å². The van der Waals surface area contributed by atoms with Gasteiger partial charge in [-0.1, -0.05) is 29.8 Å². The number of nitrogens with zero attached hydrogens (tertiary/aromatic N) is 1. The summed E-state index contributed by atoms with van der Waals surface area (Å²) in [6.07, 6.45) is 0.0892. The maximum atomic E-state index is 10.8. The Labute approximate surface area is 124 Å². The summed E-state index contributed by atoms with van der Waals surface area (Å²) in [6, 6.07) is 15.0. The molecule has 110 valence electrons. The number of carboxylic acids is 1. The lowest BCUT2D eigenvalue weighted by Gasteiger charge is -2.24. The van der Waals surface area contributed by atoms with Crippen molar-refractivity contribution in [1.29, 1.82) is 0 Å². The third-order valence-corrected chi connectivity index (χ3v) is 3.30. The van der Waals surface area contributed by atoms with Crippen LogP contribution in [0.25, 0.3) is 0 Å². The van der Waals surface area contributed by atoms with Gasteiger partial charge in [0.05, 0.1) is 6.42 Å². The molecule has 4 heteroatoms. The van der Waals surface area contributed by atoms with Crippen LogP contribution in [-0.4, -0.2) is 22.7 Å². The lowest BCUT2D eigenvalue weighted by atomic mass is 10.1. The second-order valence-corrected chi connectivity index (χ2v) is 5.07. The predicted octanol–water partition coefficient (Wildman–Crippen LogP) is 3.18. The van der Waals surface area contributed by atoms with Gasteiger partial charge in [0.25, 0.3) is 0 Å². The van der Waals surface area contributed by atoms with Crippen LogP contribution in [0, 0.1) is 6.92 Å². The van der Waals surface area contributed by atoms with E-state index >= 15 is 0 Å². The fourth-order valence-corrected chi connectivity index (χ4v) is 2.11. The van der Waals surface area contributed by atoms with Crippen molar-refractivity contribution >= 4 is 11.7 Å². The summed E-state index contributed by atoms with van der Waals surface area (Å²) in [5.74, 6) is -0.580. The summed E-state index contributed by atoms with van der Waals surface area (Å²) < 4.78 is 0. The summed E-state index contributed by atoms with van der Waals surface area (Å²) in [5.41, 5.74) is 3.19.